The summed E-state index contributed by atoms with van der Waals surface area (Å²) < 4.78 is 11.6. The quantitative estimate of drug-likeness (QED) is 0.641. The molecule has 2 heterocycles. The Balaban J connectivity index is 2.00. The molecule has 1 aromatic heterocycles. The molecule has 0 radical (unpaired) electrons. The summed E-state index contributed by atoms with van der Waals surface area (Å²) in [5, 5.41) is 9.80. The van der Waals surface area contributed by atoms with Crippen molar-refractivity contribution in [1.82, 2.24) is 14.8 Å². The molecule has 3 atom stereocenters. The highest BCUT2D eigenvalue weighted by Crippen LogP contribution is 2.27. The van der Waals surface area contributed by atoms with Crippen molar-refractivity contribution in [2.75, 3.05) is 33.9 Å². The molecule has 0 bridgehead atoms. The Kier molecular flexibility index (Phi) is 8.72. The molecule has 1 aliphatic rings. The van der Waals surface area contributed by atoms with Gasteiger partial charge in [-0.2, -0.15) is 0 Å². The number of hydrogen-bond donors (Lipinski definition) is 1. The monoisotopic (exact) mass is 479 g/mol. The number of nitrogens with zero attached hydrogens (tertiary/aromatic N) is 3. The van der Waals surface area contributed by atoms with E-state index in [0.29, 0.717) is 30.8 Å². The van der Waals surface area contributed by atoms with Crippen molar-refractivity contribution in [2.24, 2.45) is 5.92 Å². The molecular weight excluding hydrogens is 446 g/mol. The van der Waals surface area contributed by atoms with Crippen LogP contribution in [-0.2, 0) is 4.79 Å². The Morgan fingerprint density at radius 2 is 2.11 bits per heavy atom. The lowest BCUT2D eigenvalue weighted by Gasteiger charge is -2.37. The van der Waals surface area contributed by atoms with Crippen molar-refractivity contribution in [3.63, 3.8) is 0 Å². The molecule has 0 spiro atoms. The summed E-state index contributed by atoms with van der Waals surface area (Å²) in [6.07, 6.45) is 1.58. The molecule has 0 unspecified atom stereocenters. The molecule has 8 nitrogen and oxygen atoms in total. The number of ether oxygens (including phenoxy) is 2. The van der Waals surface area contributed by atoms with Crippen molar-refractivity contribution in [1.29, 1.82) is 0 Å². The van der Waals surface area contributed by atoms with Crippen LogP contribution in [-0.4, -0.2) is 77.7 Å². The van der Waals surface area contributed by atoms with Gasteiger partial charge in [-0.3, -0.25) is 9.59 Å². The minimum atomic E-state index is -0.394. The summed E-state index contributed by atoms with van der Waals surface area (Å²) >= 11 is 0. The molecule has 0 saturated carbocycles. The van der Waals surface area contributed by atoms with Crippen molar-refractivity contribution >= 4 is 11.8 Å². The molecule has 8 heteroatoms. The summed E-state index contributed by atoms with van der Waals surface area (Å²) in [4.78, 5) is 33.4. The van der Waals surface area contributed by atoms with Crippen LogP contribution in [0.4, 0.5) is 0 Å². The number of aliphatic hydroxyl groups is 1. The zero-order valence-electron chi connectivity index (χ0n) is 20.9. The molecule has 0 saturated heterocycles. The van der Waals surface area contributed by atoms with Gasteiger partial charge in [0.15, 0.2) is 0 Å². The van der Waals surface area contributed by atoms with E-state index in [0.717, 1.165) is 5.56 Å². The highest BCUT2D eigenvalue weighted by Gasteiger charge is 2.34. The number of benzene rings is 1. The van der Waals surface area contributed by atoms with E-state index in [-0.39, 0.29) is 41.9 Å². The van der Waals surface area contributed by atoms with E-state index in [1.54, 1.807) is 43.1 Å². The lowest BCUT2D eigenvalue weighted by atomic mass is 9.99. The maximum Gasteiger partial charge on any atom is 0.259 e. The van der Waals surface area contributed by atoms with Gasteiger partial charge in [-0.15, -0.1) is 0 Å². The Bertz CT molecular complexity index is 1120. The Morgan fingerprint density at radius 1 is 1.37 bits per heavy atom. The number of para-hydroxylation sites is 1. The second kappa shape index (κ2) is 11.7. The van der Waals surface area contributed by atoms with Gasteiger partial charge in [0.1, 0.15) is 17.4 Å². The van der Waals surface area contributed by atoms with Gasteiger partial charge < -0.3 is 24.4 Å². The first-order valence-corrected chi connectivity index (χ1v) is 11.8. The topological polar surface area (TPSA) is 92.2 Å². The van der Waals surface area contributed by atoms with Gasteiger partial charge in [0.2, 0.25) is 11.8 Å². The third-order valence-electron chi connectivity index (χ3n) is 6.15. The number of hydrogen-bond acceptors (Lipinski definition) is 6. The van der Waals surface area contributed by atoms with Gasteiger partial charge in [0.05, 0.1) is 31.9 Å². The molecule has 1 N–H and O–H groups in total. The predicted octanol–water partition coefficient (Wildman–Crippen LogP) is 2.58. The van der Waals surface area contributed by atoms with Crippen LogP contribution in [0.1, 0.15) is 48.7 Å². The molecule has 0 aliphatic carbocycles. The van der Waals surface area contributed by atoms with Crippen LogP contribution in [0.5, 0.6) is 11.6 Å². The van der Waals surface area contributed by atoms with Crippen molar-refractivity contribution in [3.05, 3.63) is 53.2 Å². The zero-order chi connectivity index (χ0) is 25.5. The molecule has 186 valence electrons. The third kappa shape index (κ3) is 6.11. The number of amides is 2. The number of likely N-dealkylation sites (N-methyl/N-ethyl adjacent to an activating group) is 1. The zero-order valence-corrected chi connectivity index (χ0v) is 20.9. The van der Waals surface area contributed by atoms with Crippen LogP contribution >= 0.6 is 0 Å². The molecule has 0 fully saturated rings. The van der Waals surface area contributed by atoms with E-state index < -0.39 is 6.04 Å². The SMILES string of the molecule is CCC(=O)N(C)C[C@@H]1Oc2ncc(C#Cc3ccccc3OC)cc2C(=O)N([C@H](C)CO)C[C@H]1C. The van der Waals surface area contributed by atoms with E-state index in [1.807, 2.05) is 38.1 Å². The van der Waals surface area contributed by atoms with Crippen LogP contribution in [0, 0.1) is 17.8 Å². The molecule has 1 aliphatic heterocycles. The number of fused-ring (bicyclic) bond motifs is 1. The van der Waals surface area contributed by atoms with Crippen molar-refractivity contribution < 1.29 is 24.2 Å². The number of pyridine rings is 1. The number of aromatic nitrogens is 1. The molecular formula is C27H33N3O5. The van der Waals surface area contributed by atoms with Gasteiger partial charge in [-0.05, 0) is 25.1 Å². The van der Waals surface area contributed by atoms with E-state index in [1.165, 1.54) is 0 Å². The van der Waals surface area contributed by atoms with Crippen molar-refractivity contribution in [3.8, 4) is 23.5 Å². The number of rotatable bonds is 6. The Hall–Kier alpha value is -3.57. The van der Waals surface area contributed by atoms with Crippen molar-refractivity contribution in [2.45, 2.75) is 39.3 Å². The molecule has 1 aromatic carbocycles. The van der Waals surface area contributed by atoms with Crippen LogP contribution in [0.25, 0.3) is 0 Å². The fourth-order valence-electron chi connectivity index (χ4n) is 3.92. The standard InChI is InChI=1S/C27H33N3O5/c1-6-25(32)29(4)16-24-18(2)15-30(19(3)17-31)27(33)22-13-20(14-28-26(22)35-24)11-12-21-9-7-8-10-23(21)34-5/h7-10,13-14,18-19,24,31H,6,15-17H2,1-5H3/t18-,19-,24+/m1/s1. The van der Waals surface area contributed by atoms with Gasteiger partial charge in [-0.25, -0.2) is 4.98 Å². The number of methoxy groups -OCH3 is 1. The highest BCUT2D eigenvalue weighted by molar-refractivity contribution is 5.97. The molecule has 2 aromatic rings. The van der Waals surface area contributed by atoms with Crippen LogP contribution in [0.15, 0.2) is 36.5 Å². The first-order chi connectivity index (χ1) is 16.8. The number of carbonyl (C=O) groups is 2. The number of carbonyl (C=O) groups excluding carboxylic acids is 2. The lowest BCUT2D eigenvalue weighted by molar-refractivity contribution is -0.131. The third-order valence-corrected chi connectivity index (χ3v) is 6.15. The minimum Gasteiger partial charge on any atom is -0.495 e. The maximum absolute atomic E-state index is 13.5. The lowest BCUT2D eigenvalue weighted by Crippen LogP contribution is -2.50. The van der Waals surface area contributed by atoms with Gasteiger partial charge in [-0.1, -0.05) is 37.8 Å². The van der Waals surface area contributed by atoms with Gasteiger partial charge in [0.25, 0.3) is 5.91 Å². The molecule has 2 amide bonds. The molecule has 3 rings (SSSR count). The minimum absolute atomic E-state index is 0.00895. The summed E-state index contributed by atoms with van der Waals surface area (Å²) in [6, 6.07) is 8.69. The first kappa shape index (κ1) is 26.0. The molecule has 35 heavy (non-hydrogen) atoms. The van der Waals surface area contributed by atoms with E-state index in [9.17, 15) is 14.7 Å². The van der Waals surface area contributed by atoms with Crippen LogP contribution in [0.3, 0.4) is 0 Å². The second-order valence-electron chi connectivity index (χ2n) is 8.78. The normalized spacial score (nSPS) is 18.2. The highest BCUT2D eigenvalue weighted by atomic mass is 16.5. The average molecular weight is 480 g/mol. The predicted molar refractivity (Wildman–Crippen MR) is 132 cm³/mol. The largest absolute Gasteiger partial charge is 0.495 e. The Labute approximate surface area is 206 Å². The Morgan fingerprint density at radius 3 is 2.80 bits per heavy atom. The van der Waals surface area contributed by atoms with Gasteiger partial charge in [0, 0.05) is 37.7 Å². The first-order valence-electron chi connectivity index (χ1n) is 11.8. The summed E-state index contributed by atoms with van der Waals surface area (Å²) in [5.41, 5.74) is 1.54. The summed E-state index contributed by atoms with van der Waals surface area (Å²) in [5.74, 6) is 6.61. The van der Waals surface area contributed by atoms with E-state index in [2.05, 4.69) is 16.8 Å². The summed E-state index contributed by atoms with van der Waals surface area (Å²) in [7, 11) is 3.33. The average Bonchev–Trinajstić information content (AvgIpc) is 2.88. The van der Waals surface area contributed by atoms with E-state index >= 15 is 0 Å². The van der Waals surface area contributed by atoms with Crippen LogP contribution in [0.2, 0.25) is 0 Å². The van der Waals surface area contributed by atoms with Crippen LogP contribution < -0.4 is 9.47 Å². The number of aliphatic hydroxyl groups excluding tert-OH is 1. The van der Waals surface area contributed by atoms with E-state index in [4.69, 9.17) is 9.47 Å². The smallest absolute Gasteiger partial charge is 0.259 e. The fraction of sp³-hybridized carbons (Fsp3) is 0.444. The maximum atomic E-state index is 13.5. The fourth-order valence-corrected chi connectivity index (χ4v) is 3.92. The summed E-state index contributed by atoms with van der Waals surface area (Å²) in [6.45, 7) is 6.14. The second-order valence-corrected chi connectivity index (χ2v) is 8.78. The van der Waals surface area contributed by atoms with Gasteiger partial charge >= 0.3 is 0 Å².